The van der Waals surface area contributed by atoms with Crippen LogP contribution in [0.25, 0.3) is 11.4 Å². The highest BCUT2D eigenvalue weighted by atomic mass is 19.4. The Morgan fingerprint density at radius 2 is 1.68 bits per heavy atom. The van der Waals surface area contributed by atoms with Gasteiger partial charge in [-0.3, -0.25) is 9.78 Å². The molecule has 0 radical (unpaired) electrons. The molecule has 0 bridgehead atoms. The maximum atomic E-state index is 13.5. The van der Waals surface area contributed by atoms with E-state index in [1.54, 1.807) is 25.1 Å². The van der Waals surface area contributed by atoms with E-state index in [9.17, 15) is 22.4 Å². The molecule has 1 aliphatic rings. The molecule has 40 heavy (non-hydrogen) atoms. The van der Waals surface area contributed by atoms with Crippen molar-refractivity contribution in [1.29, 1.82) is 0 Å². The van der Waals surface area contributed by atoms with Gasteiger partial charge in [0.2, 0.25) is 0 Å². The summed E-state index contributed by atoms with van der Waals surface area (Å²) < 4.78 is 53.7. The number of halogens is 4. The van der Waals surface area contributed by atoms with Crippen molar-refractivity contribution in [3.8, 4) is 11.4 Å². The lowest BCUT2D eigenvalue weighted by atomic mass is 9.84. The molecule has 3 aromatic heterocycles. The number of rotatable bonds is 4. The van der Waals surface area contributed by atoms with Gasteiger partial charge in [0.05, 0.1) is 23.5 Å². The average molecular weight is 554 g/mol. The smallest absolute Gasteiger partial charge is 0.267 e. The van der Waals surface area contributed by atoms with E-state index in [0.717, 1.165) is 54.1 Å². The van der Waals surface area contributed by atoms with Crippen molar-refractivity contribution in [2.45, 2.75) is 71.5 Å². The lowest BCUT2D eigenvalue weighted by Crippen LogP contribution is -2.30. The molecule has 10 heteroatoms. The molecule has 6 nitrogen and oxygen atoms in total. The summed E-state index contributed by atoms with van der Waals surface area (Å²) in [6, 6.07) is 12.2. The van der Waals surface area contributed by atoms with Crippen LogP contribution in [0.3, 0.4) is 0 Å². The minimum atomic E-state index is -4.57. The largest absolute Gasteiger partial charge is 0.418 e. The van der Waals surface area contributed by atoms with Crippen molar-refractivity contribution in [3.05, 3.63) is 105 Å². The van der Waals surface area contributed by atoms with Gasteiger partial charge in [0.1, 0.15) is 17.3 Å². The SMILES string of the molecule is Cc1cc(-c2cc(C3CCCCC3)c(=O)n(Cc3ncccc3C(F)(F)F)n2)nc(C)n1.Cc1cccc(F)c1. The molecule has 1 fully saturated rings. The summed E-state index contributed by atoms with van der Waals surface area (Å²) in [5.74, 6) is 0.451. The topological polar surface area (TPSA) is 73.6 Å². The Hall–Kier alpha value is -3.95. The fourth-order valence-electron chi connectivity index (χ4n) is 4.92. The van der Waals surface area contributed by atoms with Crippen molar-refractivity contribution in [2.75, 3.05) is 0 Å². The fraction of sp³-hybridized carbons (Fsp3) is 0.367. The van der Waals surface area contributed by atoms with Crippen molar-refractivity contribution < 1.29 is 17.6 Å². The highest BCUT2D eigenvalue weighted by Crippen LogP contribution is 2.33. The number of hydrogen-bond donors (Lipinski definition) is 0. The molecule has 1 aliphatic carbocycles. The monoisotopic (exact) mass is 553 g/mol. The van der Waals surface area contributed by atoms with Crippen LogP contribution in [0.1, 0.15) is 71.9 Å². The van der Waals surface area contributed by atoms with Gasteiger partial charge in [0.25, 0.3) is 5.56 Å². The lowest BCUT2D eigenvalue weighted by Gasteiger charge is -2.22. The first kappa shape index (κ1) is 29.0. The average Bonchev–Trinajstić information content (AvgIpc) is 2.90. The number of pyridine rings is 1. The molecule has 3 heterocycles. The molecule has 210 valence electrons. The van der Waals surface area contributed by atoms with E-state index >= 15 is 0 Å². The summed E-state index contributed by atoms with van der Waals surface area (Å²) in [6.07, 6.45) is 1.63. The van der Waals surface area contributed by atoms with Crippen LogP contribution in [0.4, 0.5) is 17.6 Å². The predicted molar refractivity (Wildman–Crippen MR) is 144 cm³/mol. The Bertz CT molecular complexity index is 1490. The van der Waals surface area contributed by atoms with Crippen LogP contribution >= 0.6 is 0 Å². The number of aryl methyl sites for hydroxylation is 3. The second-order valence-electron chi connectivity index (χ2n) is 10.0. The normalized spacial score (nSPS) is 14.0. The van der Waals surface area contributed by atoms with Gasteiger partial charge >= 0.3 is 6.18 Å². The van der Waals surface area contributed by atoms with Crippen molar-refractivity contribution >= 4 is 0 Å². The first-order chi connectivity index (χ1) is 19.0. The Morgan fingerprint density at radius 3 is 2.30 bits per heavy atom. The maximum Gasteiger partial charge on any atom is 0.418 e. The predicted octanol–water partition coefficient (Wildman–Crippen LogP) is 6.96. The van der Waals surface area contributed by atoms with E-state index in [0.29, 0.717) is 22.8 Å². The zero-order valence-corrected chi connectivity index (χ0v) is 22.7. The molecular weight excluding hydrogens is 522 g/mol. The second kappa shape index (κ2) is 12.5. The summed E-state index contributed by atoms with van der Waals surface area (Å²) in [6.45, 7) is 5.09. The first-order valence-electron chi connectivity index (χ1n) is 13.2. The van der Waals surface area contributed by atoms with Crippen LogP contribution in [0.15, 0.2) is 59.5 Å². The molecule has 0 amide bonds. The Kier molecular flexibility index (Phi) is 9.07. The third-order valence-electron chi connectivity index (χ3n) is 6.75. The standard InChI is InChI=1S/C23H24F3N5O.C7H7F/c1-14-11-19(29-15(2)28-14)20-12-17(16-7-4-3-5-8-16)22(32)31(30-20)13-21-18(23(24,25)26)9-6-10-27-21;1-6-3-2-4-7(8)5-6/h6,9-12,16H,3-5,7-8,13H2,1-2H3;2-5H,1H3. The van der Waals surface area contributed by atoms with Crippen LogP contribution < -0.4 is 5.56 Å². The van der Waals surface area contributed by atoms with Crippen molar-refractivity contribution in [2.24, 2.45) is 0 Å². The van der Waals surface area contributed by atoms with E-state index in [4.69, 9.17) is 0 Å². The minimum absolute atomic E-state index is 0.0547. The number of aromatic nitrogens is 5. The highest BCUT2D eigenvalue weighted by molar-refractivity contribution is 5.55. The van der Waals surface area contributed by atoms with Gasteiger partial charge in [0, 0.05) is 17.5 Å². The first-order valence-corrected chi connectivity index (χ1v) is 13.2. The second-order valence-corrected chi connectivity index (χ2v) is 10.0. The van der Waals surface area contributed by atoms with Gasteiger partial charge in [-0.25, -0.2) is 19.0 Å². The summed E-state index contributed by atoms with van der Waals surface area (Å²) in [7, 11) is 0. The maximum absolute atomic E-state index is 13.5. The van der Waals surface area contributed by atoms with Crippen molar-refractivity contribution in [1.82, 2.24) is 24.7 Å². The van der Waals surface area contributed by atoms with Crippen LogP contribution in [0, 0.1) is 26.6 Å². The van der Waals surface area contributed by atoms with E-state index in [2.05, 4.69) is 20.1 Å². The van der Waals surface area contributed by atoms with Gasteiger partial charge in [-0.1, -0.05) is 31.4 Å². The fourth-order valence-corrected chi connectivity index (χ4v) is 4.92. The Labute approximate surface area is 230 Å². The summed E-state index contributed by atoms with van der Waals surface area (Å²) >= 11 is 0. The molecule has 4 aromatic rings. The summed E-state index contributed by atoms with van der Waals surface area (Å²) in [5.41, 5.74) is 1.79. The molecule has 0 spiro atoms. The molecule has 0 saturated heterocycles. The zero-order valence-electron chi connectivity index (χ0n) is 22.7. The number of nitrogens with zero attached hydrogens (tertiary/aromatic N) is 5. The summed E-state index contributed by atoms with van der Waals surface area (Å²) in [4.78, 5) is 25.9. The minimum Gasteiger partial charge on any atom is -0.267 e. The molecule has 0 aliphatic heterocycles. The molecule has 0 unspecified atom stereocenters. The van der Waals surface area contributed by atoms with E-state index in [1.165, 1.54) is 24.4 Å². The zero-order chi connectivity index (χ0) is 28.9. The quantitative estimate of drug-likeness (QED) is 0.256. The Balaban J connectivity index is 0.000000398. The highest BCUT2D eigenvalue weighted by Gasteiger charge is 2.34. The molecular formula is C30H31F4N5O. The van der Waals surface area contributed by atoms with Gasteiger partial charge in [0.15, 0.2) is 0 Å². The van der Waals surface area contributed by atoms with Gasteiger partial charge in [-0.2, -0.15) is 18.3 Å². The van der Waals surface area contributed by atoms with Crippen LogP contribution in [0.5, 0.6) is 0 Å². The van der Waals surface area contributed by atoms with Gasteiger partial charge in [-0.15, -0.1) is 0 Å². The summed E-state index contributed by atoms with van der Waals surface area (Å²) in [5, 5.41) is 4.41. The Morgan fingerprint density at radius 1 is 0.925 bits per heavy atom. The third-order valence-corrected chi connectivity index (χ3v) is 6.75. The van der Waals surface area contributed by atoms with Gasteiger partial charge < -0.3 is 0 Å². The lowest BCUT2D eigenvalue weighted by molar-refractivity contribution is -0.138. The number of benzene rings is 1. The number of hydrogen-bond acceptors (Lipinski definition) is 5. The molecule has 1 saturated carbocycles. The molecule has 1 aromatic carbocycles. The van der Waals surface area contributed by atoms with E-state index in [1.807, 2.05) is 19.9 Å². The van der Waals surface area contributed by atoms with E-state index in [-0.39, 0.29) is 29.5 Å². The molecule has 5 rings (SSSR count). The van der Waals surface area contributed by atoms with Gasteiger partial charge in [-0.05, 0) is 81.5 Å². The van der Waals surface area contributed by atoms with Crippen LogP contribution in [0.2, 0.25) is 0 Å². The number of alkyl halides is 3. The van der Waals surface area contributed by atoms with Crippen LogP contribution in [-0.2, 0) is 12.7 Å². The third kappa shape index (κ3) is 7.37. The van der Waals surface area contributed by atoms with Crippen LogP contribution in [-0.4, -0.2) is 24.7 Å². The molecule has 0 atom stereocenters. The van der Waals surface area contributed by atoms with E-state index < -0.39 is 11.7 Å². The van der Waals surface area contributed by atoms with Crippen molar-refractivity contribution in [3.63, 3.8) is 0 Å². The molecule has 0 N–H and O–H groups in total.